The highest BCUT2D eigenvalue weighted by atomic mass is 16.5. The van der Waals surface area contributed by atoms with E-state index in [1.165, 1.54) is 0 Å². The van der Waals surface area contributed by atoms with Crippen LogP contribution in [0.15, 0.2) is 42.5 Å². The summed E-state index contributed by atoms with van der Waals surface area (Å²) in [4.78, 5) is 12.3. The Labute approximate surface area is 118 Å². The largest absolute Gasteiger partial charge is 0.398 e. The van der Waals surface area contributed by atoms with Crippen LogP contribution in [0.5, 0.6) is 0 Å². The molecule has 2 rings (SSSR count). The van der Waals surface area contributed by atoms with Gasteiger partial charge in [-0.1, -0.05) is 24.3 Å². The van der Waals surface area contributed by atoms with Crippen molar-refractivity contribution in [3.63, 3.8) is 0 Å². The van der Waals surface area contributed by atoms with Crippen LogP contribution in [0.25, 0.3) is 0 Å². The van der Waals surface area contributed by atoms with Gasteiger partial charge in [-0.25, -0.2) is 0 Å². The lowest BCUT2D eigenvalue weighted by Gasteiger charge is -2.12. The molecule has 4 heteroatoms. The third-order valence-corrected chi connectivity index (χ3v) is 3.19. The molecule has 0 bridgehead atoms. The lowest BCUT2D eigenvalue weighted by atomic mass is 10.1. The van der Waals surface area contributed by atoms with E-state index in [4.69, 9.17) is 10.5 Å². The number of nitrogen functional groups attached to an aromatic ring is 1. The Morgan fingerprint density at radius 3 is 2.70 bits per heavy atom. The van der Waals surface area contributed by atoms with Crippen molar-refractivity contribution in [3.05, 3.63) is 59.2 Å². The second-order valence-corrected chi connectivity index (χ2v) is 4.56. The highest BCUT2D eigenvalue weighted by Gasteiger charge is 2.12. The number of nitrogens with two attached hydrogens (primary N) is 1. The molecular formula is C16H18N2O2. The van der Waals surface area contributed by atoms with E-state index in [9.17, 15) is 4.79 Å². The second-order valence-electron chi connectivity index (χ2n) is 4.56. The lowest BCUT2D eigenvalue weighted by Crippen LogP contribution is -2.15. The normalized spacial score (nSPS) is 10.3. The number of carbonyl (C=O) groups is 1. The van der Waals surface area contributed by atoms with Crippen LogP contribution in [0.2, 0.25) is 0 Å². The van der Waals surface area contributed by atoms with Crippen molar-refractivity contribution >= 4 is 17.3 Å². The molecule has 0 aromatic heterocycles. The van der Waals surface area contributed by atoms with Crippen LogP contribution >= 0.6 is 0 Å². The van der Waals surface area contributed by atoms with Crippen molar-refractivity contribution < 1.29 is 9.53 Å². The van der Waals surface area contributed by atoms with Crippen LogP contribution < -0.4 is 11.1 Å². The summed E-state index contributed by atoms with van der Waals surface area (Å²) in [5.41, 5.74) is 9.50. The number of para-hydroxylation sites is 1. The topological polar surface area (TPSA) is 64.3 Å². The van der Waals surface area contributed by atoms with Crippen molar-refractivity contribution in [2.24, 2.45) is 0 Å². The Morgan fingerprint density at radius 1 is 1.20 bits per heavy atom. The van der Waals surface area contributed by atoms with Crippen LogP contribution in [0.1, 0.15) is 21.5 Å². The molecule has 0 aliphatic heterocycles. The highest BCUT2D eigenvalue weighted by Crippen LogP contribution is 2.20. The van der Waals surface area contributed by atoms with Gasteiger partial charge in [0.2, 0.25) is 0 Å². The van der Waals surface area contributed by atoms with Crippen molar-refractivity contribution in [3.8, 4) is 0 Å². The van der Waals surface area contributed by atoms with E-state index in [-0.39, 0.29) is 5.91 Å². The van der Waals surface area contributed by atoms with E-state index in [2.05, 4.69) is 5.32 Å². The summed E-state index contributed by atoms with van der Waals surface area (Å²) >= 11 is 0. The monoisotopic (exact) mass is 270 g/mol. The number of hydrogen-bond acceptors (Lipinski definition) is 3. The van der Waals surface area contributed by atoms with Crippen LogP contribution in [-0.4, -0.2) is 13.0 Å². The fourth-order valence-corrected chi connectivity index (χ4v) is 2.01. The van der Waals surface area contributed by atoms with Gasteiger partial charge in [0, 0.05) is 29.6 Å². The maximum absolute atomic E-state index is 12.3. The smallest absolute Gasteiger partial charge is 0.256 e. The SMILES string of the molecule is COCc1ccccc1NC(=O)c1cccc(N)c1C. The van der Waals surface area contributed by atoms with Gasteiger partial charge in [-0.3, -0.25) is 4.79 Å². The van der Waals surface area contributed by atoms with Gasteiger partial charge < -0.3 is 15.8 Å². The number of hydrogen-bond donors (Lipinski definition) is 2. The maximum atomic E-state index is 12.3. The fraction of sp³-hybridized carbons (Fsp3) is 0.188. The molecule has 0 fully saturated rings. The average Bonchev–Trinajstić information content (AvgIpc) is 2.44. The zero-order chi connectivity index (χ0) is 14.5. The van der Waals surface area contributed by atoms with Gasteiger partial charge in [-0.2, -0.15) is 0 Å². The van der Waals surface area contributed by atoms with E-state index in [1.54, 1.807) is 25.3 Å². The first-order valence-corrected chi connectivity index (χ1v) is 6.36. The molecule has 20 heavy (non-hydrogen) atoms. The summed E-state index contributed by atoms with van der Waals surface area (Å²) in [7, 11) is 1.63. The average molecular weight is 270 g/mol. The zero-order valence-electron chi connectivity index (χ0n) is 11.6. The Kier molecular flexibility index (Phi) is 4.38. The quantitative estimate of drug-likeness (QED) is 0.839. The Balaban J connectivity index is 2.26. The Hall–Kier alpha value is -2.33. The minimum Gasteiger partial charge on any atom is -0.398 e. The van der Waals surface area contributed by atoms with Gasteiger partial charge in [-0.15, -0.1) is 0 Å². The molecule has 0 unspecified atom stereocenters. The van der Waals surface area contributed by atoms with E-state index >= 15 is 0 Å². The van der Waals surface area contributed by atoms with Gasteiger partial charge in [0.15, 0.2) is 0 Å². The van der Waals surface area contributed by atoms with Gasteiger partial charge in [0.05, 0.1) is 6.61 Å². The molecular weight excluding hydrogens is 252 g/mol. The second kappa shape index (κ2) is 6.21. The maximum Gasteiger partial charge on any atom is 0.256 e. The summed E-state index contributed by atoms with van der Waals surface area (Å²) < 4.78 is 5.13. The van der Waals surface area contributed by atoms with Crippen molar-refractivity contribution in [1.29, 1.82) is 0 Å². The third-order valence-electron chi connectivity index (χ3n) is 3.19. The van der Waals surface area contributed by atoms with E-state index in [0.29, 0.717) is 17.9 Å². The highest BCUT2D eigenvalue weighted by molar-refractivity contribution is 6.06. The molecule has 0 spiro atoms. The van der Waals surface area contributed by atoms with Gasteiger partial charge in [-0.05, 0) is 30.7 Å². The number of ether oxygens (including phenoxy) is 1. The molecule has 0 saturated carbocycles. The van der Waals surface area contributed by atoms with E-state index in [0.717, 1.165) is 16.8 Å². The van der Waals surface area contributed by atoms with Gasteiger partial charge in [0.25, 0.3) is 5.91 Å². The summed E-state index contributed by atoms with van der Waals surface area (Å²) in [5, 5.41) is 2.91. The van der Waals surface area contributed by atoms with Crippen molar-refractivity contribution in [2.75, 3.05) is 18.2 Å². The van der Waals surface area contributed by atoms with E-state index in [1.807, 2.05) is 31.2 Å². The standard InChI is InChI=1S/C16H18N2O2/c1-11-13(7-5-8-14(11)17)16(19)18-15-9-4-3-6-12(15)10-20-2/h3-9H,10,17H2,1-2H3,(H,18,19). The van der Waals surface area contributed by atoms with Crippen LogP contribution in [-0.2, 0) is 11.3 Å². The molecule has 0 aliphatic rings. The molecule has 0 radical (unpaired) electrons. The number of methoxy groups -OCH3 is 1. The number of anilines is 2. The zero-order valence-corrected chi connectivity index (χ0v) is 11.6. The first-order chi connectivity index (χ1) is 9.63. The number of carbonyl (C=O) groups excluding carboxylic acids is 1. The van der Waals surface area contributed by atoms with Gasteiger partial charge >= 0.3 is 0 Å². The molecule has 1 amide bonds. The molecule has 0 aliphatic carbocycles. The molecule has 2 aromatic carbocycles. The van der Waals surface area contributed by atoms with Crippen LogP contribution in [0, 0.1) is 6.92 Å². The number of nitrogens with one attached hydrogen (secondary N) is 1. The predicted octanol–water partition coefficient (Wildman–Crippen LogP) is 2.98. The number of amides is 1. The minimum atomic E-state index is -0.168. The molecule has 4 nitrogen and oxygen atoms in total. The minimum absolute atomic E-state index is 0.168. The van der Waals surface area contributed by atoms with Crippen LogP contribution in [0.3, 0.4) is 0 Å². The first-order valence-electron chi connectivity index (χ1n) is 6.36. The number of benzene rings is 2. The summed E-state index contributed by atoms with van der Waals surface area (Å²) in [6, 6.07) is 12.9. The van der Waals surface area contributed by atoms with Crippen molar-refractivity contribution in [2.45, 2.75) is 13.5 Å². The first kappa shape index (κ1) is 14.1. The summed E-state index contributed by atoms with van der Waals surface area (Å²) in [5.74, 6) is -0.168. The molecule has 3 N–H and O–H groups in total. The van der Waals surface area contributed by atoms with Crippen molar-refractivity contribution in [1.82, 2.24) is 0 Å². The fourth-order valence-electron chi connectivity index (χ4n) is 2.01. The molecule has 2 aromatic rings. The van der Waals surface area contributed by atoms with Crippen LogP contribution in [0.4, 0.5) is 11.4 Å². The van der Waals surface area contributed by atoms with Gasteiger partial charge in [0.1, 0.15) is 0 Å². The Morgan fingerprint density at radius 2 is 1.95 bits per heavy atom. The Bertz CT molecular complexity index is 624. The molecule has 104 valence electrons. The molecule has 0 atom stereocenters. The summed E-state index contributed by atoms with van der Waals surface area (Å²) in [6.07, 6.45) is 0. The molecule has 0 heterocycles. The molecule has 0 saturated heterocycles. The lowest BCUT2D eigenvalue weighted by molar-refractivity contribution is 0.102. The summed E-state index contributed by atoms with van der Waals surface area (Å²) in [6.45, 7) is 2.29. The van der Waals surface area contributed by atoms with E-state index < -0.39 is 0 Å². The predicted molar refractivity (Wildman–Crippen MR) is 80.7 cm³/mol. The third kappa shape index (κ3) is 2.97. The number of rotatable bonds is 4.